The average molecular weight is 447 g/mol. The molecule has 2 aromatic carbocycles. The van der Waals surface area contributed by atoms with Crippen molar-refractivity contribution in [2.45, 2.75) is 6.30 Å². The van der Waals surface area contributed by atoms with E-state index in [1.807, 2.05) is 0 Å². The van der Waals surface area contributed by atoms with Gasteiger partial charge < -0.3 is 15.0 Å². The molecule has 0 unspecified atom stereocenters. The lowest BCUT2D eigenvalue weighted by Crippen LogP contribution is -2.40. The lowest BCUT2D eigenvalue weighted by molar-refractivity contribution is -0.144. The Labute approximate surface area is 178 Å². The number of benzene rings is 2. The van der Waals surface area contributed by atoms with Gasteiger partial charge in [0.15, 0.2) is 11.5 Å². The molecule has 2 heterocycles. The molecule has 0 saturated carbocycles. The molecular weight excluding hydrogens is 433 g/mol. The van der Waals surface area contributed by atoms with Crippen LogP contribution < -0.4 is 16.0 Å². The van der Waals surface area contributed by atoms with E-state index < -0.39 is 12.3 Å². The molecule has 11 heteroatoms. The Balaban J connectivity index is 1.65. The number of nitrogens with zero attached hydrogens (tertiary/aromatic N) is 3. The third kappa shape index (κ3) is 5.04. The first-order chi connectivity index (χ1) is 14.8. The number of carbonyl (C=O) groups excluding carboxylic acids is 1. The fraction of sp³-hybridized carbons (Fsp3) is 0.0500. The quantitative estimate of drug-likeness (QED) is 0.365. The summed E-state index contributed by atoms with van der Waals surface area (Å²) in [6.45, 7) is 0. The number of anilines is 3. The van der Waals surface area contributed by atoms with Crippen molar-refractivity contribution in [1.29, 1.82) is 0 Å². The van der Waals surface area contributed by atoms with E-state index in [1.165, 1.54) is 12.1 Å². The number of halogens is 4. The van der Waals surface area contributed by atoms with E-state index in [0.717, 1.165) is 11.0 Å². The van der Waals surface area contributed by atoms with Gasteiger partial charge in [-0.25, -0.2) is 20.1 Å². The van der Waals surface area contributed by atoms with Crippen molar-refractivity contribution in [3.05, 3.63) is 72.1 Å². The maximum absolute atomic E-state index is 12.3. The Morgan fingerprint density at radius 2 is 1.84 bits per heavy atom. The summed E-state index contributed by atoms with van der Waals surface area (Å²) in [5.74, 6) is 0.470. The van der Waals surface area contributed by atoms with Crippen LogP contribution >= 0.6 is 11.6 Å². The molecule has 0 aliphatic heterocycles. The Bertz CT molecular complexity index is 1240. The second-order valence-electron chi connectivity index (χ2n) is 6.42. The van der Waals surface area contributed by atoms with Gasteiger partial charge in [-0.3, -0.25) is 0 Å². The SMILES string of the molecule is O=C(Nc1cccc(-c2cn3ccnc3c(Nc3ccc(Cl)cc3)n2)c1)NC(F)(F)F. The van der Waals surface area contributed by atoms with E-state index >= 15 is 0 Å². The summed E-state index contributed by atoms with van der Waals surface area (Å²) in [5, 5.41) is 6.83. The zero-order valence-electron chi connectivity index (χ0n) is 15.6. The standard InChI is InChI=1S/C20H14ClF3N6O/c21-13-4-6-14(7-5-13)26-17-18-25-8-9-30(18)11-16(28-17)12-2-1-3-15(10-12)27-19(31)29-20(22,23)24/h1-11H,(H,26,28)(H2,27,29,31). The van der Waals surface area contributed by atoms with Gasteiger partial charge in [-0.1, -0.05) is 23.7 Å². The largest absolute Gasteiger partial charge is 0.485 e. The van der Waals surface area contributed by atoms with Crippen molar-refractivity contribution in [2.24, 2.45) is 0 Å². The molecule has 31 heavy (non-hydrogen) atoms. The zero-order chi connectivity index (χ0) is 22.0. The predicted octanol–water partition coefficient (Wildman–Crippen LogP) is 5.43. The lowest BCUT2D eigenvalue weighted by Gasteiger charge is -2.12. The fourth-order valence-electron chi connectivity index (χ4n) is 2.87. The highest BCUT2D eigenvalue weighted by atomic mass is 35.5. The monoisotopic (exact) mass is 446 g/mol. The Kier molecular flexibility index (Phi) is 5.38. The van der Waals surface area contributed by atoms with Crippen LogP contribution in [0.25, 0.3) is 16.9 Å². The van der Waals surface area contributed by atoms with E-state index in [1.54, 1.807) is 59.4 Å². The first-order valence-corrected chi connectivity index (χ1v) is 9.27. The third-order valence-corrected chi connectivity index (χ3v) is 4.40. The van der Waals surface area contributed by atoms with Crippen molar-refractivity contribution >= 4 is 40.5 Å². The van der Waals surface area contributed by atoms with Crippen LogP contribution in [-0.2, 0) is 0 Å². The van der Waals surface area contributed by atoms with E-state index in [2.05, 4.69) is 20.6 Å². The smallest absolute Gasteiger partial charge is 0.337 e. The van der Waals surface area contributed by atoms with Crippen LogP contribution in [0.15, 0.2) is 67.1 Å². The summed E-state index contributed by atoms with van der Waals surface area (Å²) in [7, 11) is 0. The molecule has 4 rings (SSSR count). The average Bonchev–Trinajstić information content (AvgIpc) is 3.17. The van der Waals surface area contributed by atoms with Gasteiger partial charge in [0, 0.05) is 40.6 Å². The van der Waals surface area contributed by atoms with E-state index in [-0.39, 0.29) is 5.69 Å². The van der Waals surface area contributed by atoms with Crippen molar-refractivity contribution in [3.8, 4) is 11.3 Å². The minimum atomic E-state index is -4.82. The van der Waals surface area contributed by atoms with Gasteiger partial charge in [0.25, 0.3) is 0 Å². The molecule has 0 bridgehead atoms. The highest BCUT2D eigenvalue weighted by Crippen LogP contribution is 2.27. The molecule has 3 N–H and O–H groups in total. The summed E-state index contributed by atoms with van der Waals surface area (Å²) >= 11 is 5.93. The number of carbonyl (C=O) groups is 1. The van der Waals surface area contributed by atoms with E-state index in [9.17, 15) is 18.0 Å². The number of aromatic nitrogens is 3. The Hall–Kier alpha value is -3.79. The predicted molar refractivity (Wildman–Crippen MR) is 111 cm³/mol. The summed E-state index contributed by atoms with van der Waals surface area (Å²) in [5.41, 5.74) is 2.61. The van der Waals surface area contributed by atoms with Gasteiger partial charge in [0.1, 0.15) is 0 Å². The first-order valence-electron chi connectivity index (χ1n) is 8.89. The summed E-state index contributed by atoms with van der Waals surface area (Å²) in [6.07, 6.45) is 0.266. The normalized spacial score (nSPS) is 11.4. The highest BCUT2D eigenvalue weighted by Gasteiger charge is 2.30. The van der Waals surface area contributed by atoms with Gasteiger partial charge >= 0.3 is 12.3 Å². The van der Waals surface area contributed by atoms with Crippen LogP contribution in [0.2, 0.25) is 5.02 Å². The molecule has 4 aromatic rings. The van der Waals surface area contributed by atoms with Crippen LogP contribution in [-0.4, -0.2) is 26.7 Å². The first kappa shape index (κ1) is 20.5. The van der Waals surface area contributed by atoms with Gasteiger partial charge in [0.05, 0.1) is 5.69 Å². The number of nitrogens with one attached hydrogen (secondary N) is 3. The van der Waals surface area contributed by atoms with Crippen LogP contribution in [0, 0.1) is 0 Å². The van der Waals surface area contributed by atoms with Gasteiger partial charge in [-0.05, 0) is 36.4 Å². The number of alkyl halides is 3. The van der Waals surface area contributed by atoms with E-state index in [4.69, 9.17) is 11.6 Å². The molecule has 158 valence electrons. The van der Waals surface area contributed by atoms with Crippen LogP contribution in [0.4, 0.5) is 35.2 Å². The summed E-state index contributed by atoms with van der Waals surface area (Å²) < 4.78 is 38.7. The highest BCUT2D eigenvalue weighted by molar-refractivity contribution is 6.30. The number of rotatable bonds is 4. The molecule has 2 aromatic heterocycles. The molecule has 0 radical (unpaired) electrons. The topological polar surface area (TPSA) is 83.4 Å². The Morgan fingerprint density at radius 3 is 2.58 bits per heavy atom. The lowest BCUT2D eigenvalue weighted by atomic mass is 10.1. The summed E-state index contributed by atoms with van der Waals surface area (Å²) in [4.78, 5) is 20.4. The van der Waals surface area contributed by atoms with Gasteiger partial charge in [0.2, 0.25) is 0 Å². The second kappa shape index (κ2) is 8.15. The number of fused-ring (bicyclic) bond motifs is 1. The number of hydrogen-bond donors (Lipinski definition) is 3. The fourth-order valence-corrected chi connectivity index (χ4v) is 3.00. The molecule has 0 saturated heterocycles. The number of urea groups is 1. The molecular formula is C20H14ClF3N6O. The molecule has 7 nitrogen and oxygen atoms in total. The van der Waals surface area contributed by atoms with Crippen LogP contribution in [0.1, 0.15) is 0 Å². The molecule has 0 spiro atoms. The number of amides is 2. The molecule has 0 atom stereocenters. The number of hydrogen-bond acceptors (Lipinski definition) is 4. The summed E-state index contributed by atoms with van der Waals surface area (Å²) in [6, 6.07) is 12.0. The van der Waals surface area contributed by atoms with Crippen molar-refractivity contribution in [1.82, 2.24) is 19.7 Å². The van der Waals surface area contributed by atoms with Gasteiger partial charge in [-0.15, -0.1) is 0 Å². The van der Waals surface area contributed by atoms with Gasteiger partial charge in [-0.2, -0.15) is 13.2 Å². The van der Waals surface area contributed by atoms with Crippen LogP contribution in [0.3, 0.4) is 0 Å². The van der Waals surface area contributed by atoms with Crippen molar-refractivity contribution in [3.63, 3.8) is 0 Å². The Morgan fingerprint density at radius 1 is 1.06 bits per heavy atom. The van der Waals surface area contributed by atoms with Crippen molar-refractivity contribution in [2.75, 3.05) is 10.6 Å². The third-order valence-electron chi connectivity index (χ3n) is 4.15. The number of imidazole rings is 1. The molecule has 0 aliphatic rings. The van der Waals surface area contributed by atoms with Crippen LogP contribution in [0.5, 0.6) is 0 Å². The zero-order valence-corrected chi connectivity index (χ0v) is 16.4. The van der Waals surface area contributed by atoms with Crippen molar-refractivity contribution < 1.29 is 18.0 Å². The maximum Gasteiger partial charge on any atom is 0.485 e. The molecule has 0 aliphatic carbocycles. The molecule has 0 fully saturated rings. The molecule has 2 amide bonds. The maximum atomic E-state index is 12.3. The van der Waals surface area contributed by atoms with E-state index in [0.29, 0.717) is 27.7 Å². The minimum Gasteiger partial charge on any atom is -0.337 e. The second-order valence-corrected chi connectivity index (χ2v) is 6.86. The minimum absolute atomic E-state index is 0.180.